The van der Waals surface area contributed by atoms with Crippen molar-refractivity contribution in [3.8, 4) is 0 Å². The molecule has 0 aromatic heterocycles. The molecule has 14 heavy (non-hydrogen) atoms. The Morgan fingerprint density at radius 1 is 1.43 bits per heavy atom. The van der Waals surface area contributed by atoms with E-state index in [1.807, 2.05) is 0 Å². The molecular formula is C11H19NO2. The van der Waals surface area contributed by atoms with Crippen LogP contribution in [0.3, 0.4) is 0 Å². The number of ether oxygens (including phenoxy) is 1. The molecule has 1 saturated carbocycles. The monoisotopic (exact) mass is 197 g/mol. The van der Waals surface area contributed by atoms with Crippen LogP contribution in [0, 0.1) is 17.8 Å². The third kappa shape index (κ3) is 2.27. The maximum absolute atomic E-state index is 11.5. The number of esters is 1. The average Bonchev–Trinajstić information content (AvgIpc) is 3.01. The Morgan fingerprint density at radius 2 is 2.21 bits per heavy atom. The highest BCUT2D eigenvalue weighted by Crippen LogP contribution is 2.39. The van der Waals surface area contributed by atoms with Crippen LogP contribution in [-0.2, 0) is 9.53 Å². The predicted octanol–water partition coefficient (Wildman–Crippen LogP) is 1.19. The van der Waals surface area contributed by atoms with Crippen LogP contribution in [0.25, 0.3) is 0 Å². The van der Waals surface area contributed by atoms with Crippen LogP contribution in [0.2, 0.25) is 0 Å². The molecule has 0 radical (unpaired) electrons. The van der Waals surface area contributed by atoms with Gasteiger partial charge in [0, 0.05) is 6.54 Å². The molecule has 2 unspecified atom stereocenters. The van der Waals surface area contributed by atoms with Gasteiger partial charge in [-0.15, -0.1) is 0 Å². The summed E-state index contributed by atoms with van der Waals surface area (Å²) >= 11 is 0. The van der Waals surface area contributed by atoms with E-state index in [1.54, 1.807) is 0 Å². The van der Waals surface area contributed by atoms with Gasteiger partial charge in [-0.05, 0) is 31.2 Å². The Morgan fingerprint density at radius 3 is 2.86 bits per heavy atom. The van der Waals surface area contributed by atoms with Crippen molar-refractivity contribution < 1.29 is 9.53 Å². The second-order valence-electron chi connectivity index (χ2n) is 4.56. The summed E-state index contributed by atoms with van der Waals surface area (Å²) in [5.74, 6) is 1.55. The summed E-state index contributed by atoms with van der Waals surface area (Å²) in [5.41, 5.74) is 0. The maximum atomic E-state index is 11.5. The molecule has 1 heterocycles. The number of carbonyl (C=O) groups excluding carboxylic acids is 1. The van der Waals surface area contributed by atoms with Crippen LogP contribution in [0.5, 0.6) is 0 Å². The number of methoxy groups -OCH3 is 1. The second-order valence-corrected chi connectivity index (χ2v) is 4.56. The SMILES string of the molecule is COC(=O)C1CNCCC1CC1CC1. The summed E-state index contributed by atoms with van der Waals surface area (Å²) in [6.45, 7) is 1.87. The number of carbonyl (C=O) groups is 1. The van der Waals surface area contributed by atoms with Crippen molar-refractivity contribution in [1.82, 2.24) is 5.32 Å². The van der Waals surface area contributed by atoms with Gasteiger partial charge in [-0.2, -0.15) is 0 Å². The lowest BCUT2D eigenvalue weighted by atomic mass is 9.82. The van der Waals surface area contributed by atoms with Crippen LogP contribution < -0.4 is 5.32 Å². The molecule has 2 fully saturated rings. The summed E-state index contributed by atoms with van der Waals surface area (Å²) in [5, 5.41) is 3.27. The van der Waals surface area contributed by atoms with E-state index in [4.69, 9.17) is 4.74 Å². The molecule has 0 aromatic rings. The molecule has 3 nitrogen and oxygen atoms in total. The number of hydrogen-bond acceptors (Lipinski definition) is 3. The molecule has 3 heteroatoms. The highest BCUT2D eigenvalue weighted by atomic mass is 16.5. The lowest BCUT2D eigenvalue weighted by Gasteiger charge is -2.30. The van der Waals surface area contributed by atoms with Crippen LogP contribution in [0.4, 0.5) is 0 Å². The Labute approximate surface area is 85.2 Å². The molecule has 1 aliphatic heterocycles. The fraction of sp³-hybridized carbons (Fsp3) is 0.909. The zero-order chi connectivity index (χ0) is 9.97. The standard InChI is InChI=1S/C11H19NO2/c1-14-11(13)10-7-12-5-4-9(10)6-8-2-3-8/h8-10,12H,2-7H2,1H3. The molecule has 1 saturated heterocycles. The van der Waals surface area contributed by atoms with E-state index in [1.165, 1.54) is 26.4 Å². The van der Waals surface area contributed by atoms with Gasteiger partial charge in [-0.3, -0.25) is 4.79 Å². The van der Waals surface area contributed by atoms with E-state index in [-0.39, 0.29) is 11.9 Å². The van der Waals surface area contributed by atoms with Crippen molar-refractivity contribution >= 4 is 5.97 Å². The maximum Gasteiger partial charge on any atom is 0.310 e. The molecule has 80 valence electrons. The van der Waals surface area contributed by atoms with Gasteiger partial charge in [-0.25, -0.2) is 0 Å². The second kappa shape index (κ2) is 4.30. The van der Waals surface area contributed by atoms with Gasteiger partial charge in [-0.1, -0.05) is 12.8 Å². The minimum atomic E-state index is -0.0251. The van der Waals surface area contributed by atoms with E-state index in [9.17, 15) is 4.79 Å². The molecule has 0 amide bonds. The fourth-order valence-corrected chi connectivity index (χ4v) is 2.40. The molecule has 0 aromatic carbocycles. The highest BCUT2D eigenvalue weighted by Gasteiger charge is 2.35. The Kier molecular flexibility index (Phi) is 3.06. The topological polar surface area (TPSA) is 38.3 Å². The molecule has 1 N–H and O–H groups in total. The van der Waals surface area contributed by atoms with Gasteiger partial charge in [0.15, 0.2) is 0 Å². The van der Waals surface area contributed by atoms with Crippen molar-refractivity contribution in [2.24, 2.45) is 17.8 Å². The van der Waals surface area contributed by atoms with Gasteiger partial charge in [0.05, 0.1) is 13.0 Å². The fourth-order valence-electron chi connectivity index (χ4n) is 2.40. The van der Waals surface area contributed by atoms with Crippen LogP contribution in [0.15, 0.2) is 0 Å². The minimum Gasteiger partial charge on any atom is -0.469 e. The van der Waals surface area contributed by atoms with Gasteiger partial charge >= 0.3 is 5.97 Å². The zero-order valence-electron chi connectivity index (χ0n) is 8.79. The van der Waals surface area contributed by atoms with E-state index < -0.39 is 0 Å². The smallest absolute Gasteiger partial charge is 0.310 e. The zero-order valence-corrected chi connectivity index (χ0v) is 8.79. The molecule has 0 spiro atoms. The minimum absolute atomic E-state index is 0.0251. The molecular weight excluding hydrogens is 178 g/mol. The summed E-state index contributed by atoms with van der Waals surface area (Å²) in [6, 6.07) is 0. The molecule has 1 aliphatic carbocycles. The van der Waals surface area contributed by atoms with E-state index >= 15 is 0 Å². The first-order valence-electron chi connectivity index (χ1n) is 5.60. The first kappa shape index (κ1) is 9.97. The molecule has 0 bridgehead atoms. The third-order valence-corrected chi connectivity index (χ3v) is 3.46. The third-order valence-electron chi connectivity index (χ3n) is 3.46. The van der Waals surface area contributed by atoms with Crippen LogP contribution in [-0.4, -0.2) is 26.2 Å². The number of hydrogen-bond donors (Lipinski definition) is 1. The Balaban J connectivity index is 1.91. The molecule has 2 rings (SSSR count). The lowest BCUT2D eigenvalue weighted by Crippen LogP contribution is -2.41. The van der Waals surface area contributed by atoms with Crippen molar-refractivity contribution in [3.05, 3.63) is 0 Å². The van der Waals surface area contributed by atoms with E-state index in [0.717, 1.165) is 25.4 Å². The van der Waals surface area contributed by atoms with Crippen molar-refractivity contribution in [2.45, 2.75) is 25.7 Å². The average molecular weight is 197 g/mol. The summed E-state index contributed by atoms with van der Waals surface area (Å²) in [4.78, 5) is 11.5. The Hall–Kier alpha value is -0.570. The summed E-state index contributed by atoms with van der Waals surface area (Å²) in [7, 11) is 1.49. The van der Waals surface area contributed by atoms with Gasteiger partial charge in [0.2, 0.25) is 0 Å². The predicted molar refractivity (Wildman–Crippen MR) is 53.8 cm³/mol. The Bertz CT molecular complexity index is 213. The van der Waals surface area contributed by atoms with E-state index in [2.05, 4.69) is 5.32 Å². The number of nitrogens with one attached hydrogen (secondary N) is 1. The lowest BCUT2D eigenvalue weighted by molar-refractivity contribution is -0.148. The normalized spacial score (nSPS) is 32.6. The molecule has 2 atom stereocenters. The highest BCUT2D eigenvalue weighted by molar-refractivity contribution is 5.73. The van der Waals surface area contributed by atoms with Gasteiger partial charge in [0.25, 0.3) is 0 Å². The number of rotatable bonds is 3. The quantitative estimate of drug-likeness (QED) is 0.691. The largest absolute Gasteiger partial charge is 0.469 e. The van der Waals surface area contributed by atoms with Gasteiger partial charge < -0.3 is 10.1 Å². The first-order chi connectivity index (χ1) is 6.81. The van der Waals surface area contributed by atoms with E-state index in [0.29, 0.717) is 5.92 Å². The summed E-state index contributed by atoms with van der Waals surface area (Å²) < 4.78 is 4.84. The molecule has 2 aliphatic rings. The number of piperidine rings is 1. The van der Waals surface area contributed by atoms with Crippen molar-refractivity contribution in [2.75, 3.05) is 20.2 Å². The first-order valence-corrected chi connectivity index (χ1v) is 5.60. The van der Waals surface area contributed by atoms with Gasteiger partial charge in [0.1, 0.15) is 0 Å². The van der Waals surface area contributed by atoms with Crippen molar-refractivity contribution in [3.63, 3.8) is 0 Å². The van der Waals surface area contributed by atoms with Crippen LogP contribution >= 0.6 is 0 Å². The van der Waals surface area contributed by atoms with Crippen LogP contribution in [0.1, 0.15) is 25.7 Å². The van der Waals surface area contributed by atoms with Crippen molar-refractivity contribution in [1.29, 1.82) is 0 Å². The summed E-state index contributed by atoms with van der Waals surface area (Å²) in [6.07, 6.45) is 5.12.